The Kier molecular flexibility index (Phi) is 7.89. The minimum atomic E-state index is -3.66. The predicted molar refractivity (Wildman–Crippen MR) is 88.0 cm³/mol. The van der Waals surface area contributed by atoms with Crippen LogP contribution < -0.4 is 0 Å². The van der Waals surface area contributed by atoms with Crippen LogP contribution in [0.25, 0.3) is 10.9 Å². The summed E-state index contributed by atoms with van der Waals surface area (Å²) in [4.78, 5) is 10.9. The maximum absolute atomic E-state index is 9.92. The largest absolute Gasteiger partial charge is 0.399 e. The SMILES string of the molecule is COS(=O)(=O)OC.Cc1ncc[nH]1.c1ccc2ncccc2c1. The molecule has 3 rings (SSSR count). The van der Waals surface area contributed by atoms with Crippen molar-refractivity contribution in [1.82, 2.24) is 15.0 Å². The van der Waals surface area contributed by atoms with Crippen LogP contribution in [-0.4, -0.2) is 37.6 Å². The number of para-hydroxylation sites is 1. The van der Waals surface area contributed by atoms with E-state index in [9.17, 15) is 8.42 Å². The van der Waals surface area contributed by atoms with Crippen LogP contribution >= 0.6 is 0 Å². The first-order valence-electron chi connectivity index (χ1n) is 6.60. The van der Waals surface area contributed by atoms with Crippen LogP contribution in [-0.2, 0) is 18.8 Å². The van der Waals surface area contributed by atoms with Gasteiger partial charge in [-0.15, -0.1) is 0 Å². The number of nitrogens with one attached hydrogen (secondary N) is 1. The maximum Gasteiger partial charge on any atom is 0.399 e. The van der Waals surface area contributed by atoms with E-state index in [1.807, 2.05) is 37.4 Å². The Morgan fingerprint density at radius 3 is 2.04 bits per heavy atom. The highest BCUT2D eigenvalue weighted by atomic mass is 32.3. The average molecular weight is 337 g/mol. The molecule has 0 saturated carbocycles. The second kappa shape index (κ2) is 9.67. The quantitative estimate of drug-likeness (QED) is 0.772. The van der Waals surface area contributed by atoms with Crippen molar-refractivity contribution in [2.75, 3.05) is 14.2 Å². The molecule has 0 aliphatic heterocycles. The van der Waals surface area contributed by atoms with Crippen molar-refractivity contribution >= 4 is 21.3 Å². The molecule has 0 amide bonds. The van der Waals surface area contributed by atoms with Gasteiger partial charge in [0, 0.05) is 24.0 Å². The number of rotatable bonds is 2. The van der Waals surface area contributed by atoms with Crippen LogP contribution in [0.15, 0.2) is 55.0 Å². The van der Waals surface area contributed by atoms with E-state index in [1.165, 1.54) is 5.39 Å². The van der Waals surface area contributed by atoms with Gasteiger partial charge in [0.25, 0.3) is 0 Å². The molecule has 2 aromatic heterocycles. The molecule has 0 fully saturated rings. The zero-order chi connectivity index (χ0) is 17.1. The highest BCUT2D eigenvalue weighted by molar-refractivity contribution is 7.81. The molecule has 8 heteroatoms. The average Bonchev–Trinajstić information content (AvgIpc) is 3.07. The zero-order valence-electron chi connectivity index (χ0n) is 13.1. The lowest BCUT2D eigenvalue weighted by Crippen LogP contribution is -2.02. The minimum Gasteiger partial charge on any atom is -0.349 e. The van der Waals surface area contributed by atoms with E-state index < -0.39 is 10.4 Å². The second-order valence-electron chi connectivity index (χ2n) is 4.11. The summed E-state index contributed by atoms with van der Waals surface area (Å²) in [6.45, 7) is 1.92. The number of hydrogen-bond donors (Lipinski definition) is 1. The fourth-order valence-corrected chi connectivity index (χ4v) is 1.56. The smallest absolute Gasteiger partial charge is 0.349 e. The Hall–Kier alpha value is -2.29. The van der Waals surface area contributed by atoms with E-state index >= 15 is 0 Å². The minimum absolute atomic E-state index is 0.968. The number of aromatic amines is 1. The van der Waals surface area contributed by atoms with E-state index in [-0.39, 0.29) is 0 Å². The number of imidazole rings is 1. The molecule has 1 N–H and O–H groups in total. The number of nitrogens with zero attached hydrogens (tertiary/aromatic N) is 2. The molecule has 3 aromatic rings. The van der Waals surface area contributed by atoms with Crippen molar-refractivity contribution in [2.45, 2.75) is 6.92 Å². The van der Waals surface area contributed by atoms with E-state index in [4.69, 9.17) is 0 Å². The number of fused-ring (bicyclic) bond motifs is 1. The van der Waals surface area contributed by atoms with E-state index in [2.05, 4.69) is 35.5 Å². The summed E-state index contributed by atoms with van der Waals surface area (Å²) in [5.41, 5.74) is 1.06. The van der Waals surface area contributed by atoms with Gasteiger partial charge in [0.05, 0.1) is 19.7 Å². The Bertz CT molecular complexity index is 714. The lowest BCUT2D eigenvalue weighted by Gasteiger charge is -1.91. The van der Waals surface area contributed by atoms with Gasteiger partial charge in [0.15, 0.2) is 0 Å². The molecule has 23 heavy (non-hydrogen) atoms. The molecule has 7 nitrogen and oxygen atoms in total. The van der Waals surface area contributed by atoms with E-state index in [0.29, 0.717) is 0 Å². The van der Waals surface area contributed by atoms with Gasteiger partial charge in [-0.05, 0) is 19.1 Å². The summed E-state index contributed by atoms with van der Waals surface area (Å²) in [5.74, 6) is 0.968. The molecule has 2 heterocycles. The third-order valence-corrected chi connectivity index (χ3v) is 3.37. The van der Waals surface area contributed by atoms with Crippen molar-refractivity contribution in [1.29, 1.82) is 0 Å². The fourth-order valence-electron chi connectivity index (χ4n) is 1.43. The fraction of sp³-hybridized carbons (Fsp3) is 0.200. The lowest BCUT2D eigenvalue weighted by atomic mass is 10.2. The molecule has 0 unspecified atom stereocenters. The van der Waals surface area contributed by atoms with Gasteiger partial charge in [0.1, 0.15) is 5.82 Å². The van der Waals surface area contributed by atoms with Crippen molar-refractivity contribution < 1.29 is 16.8 Å². The molecule has 0 bridgehead atoms. The Morgan fingerprint density at radius 1 is 0.957 bits per heavy atom. The van der Waals surface area contributed by atoms with Crippen molar-refractivity contribution in [3.63, 3.8) is 0 Å². The molecule has 0 aliphatic carbocycles. The third kappa shape index (κ3) is 7.50. The lowest BCUT2D eigenvalue weighted by molar-refractivity contribution is 0.286. The first kappa shape index (κ1) is 18.8. The molecule has 124 valence electrons. The number of hydrogen-bond acceptors (Lipinski definition) is 6. The summed E-state index contributed by atoms with van der Waals surface area (Å²) in [6.07, 6.45) is 5.34. The van der Waals surface area contributed by atoms with Crippen LogP contribution in [0, 0.1) is 6.92 Å². The van der Waals surface area contributed by atoms with E-state index in [1.54, 1.807) is 12.4 Å². The van der Waals surface area contributed by atoms with Crippen molar-refractivity contribution in [3.05, 3.63) is 60.8 Å². The predicted octanol–water partition coefficient (Wildman–Crippen LogP) is 2.48. The van der Waals surface area contributed by atoms with Gasteiger partial charge in [-0.25, -0.2) is 4.98 Å². The normalized spacial score (nSPS) is 10.2. The maximum atomic E-state index is 9.92. The van der Waals surface area contributed by atoms with Gasteiger partial charge in [0.2, 0.25) is 0 Å². The van der Waals surface area contributed by atoms with Crippen LogP contribution in [0.5, 0.6) is 0 Å². The number of H-pyrrole nitrogens is 1. The van der Waals surface area contributed by atoms with Gasteiger partial charge >= 0.3 is 10.4 Å². The Labute approximate surface area is 135 Å². The molecule has 1 aromatic carbocycles. The summed E-state index contributed by atoms with van der Waals surface area (Å²) in [7, 11) is -1.60. The van der Waals surface area contributed by atoms with E-state index in [0.717, 1.165) is 25.6 Å². The highest BCUT2D eigenvalue weighted by Gasteiger charge is 2.01. The molecule has 0 atom stereocenters. The Morgan fingerprint density at radius 2 is 1.61 bits per heavy atom. The Balaban J connectivity index is 0.000000181. The van der Waals surface area contributed by atoms with Crippen molar-refractivity contribution in [2.24, 2.45) is 0 Å². The second-order valence-corrected chi connectivity index (χ2v) is 5.60. The van der Waals surface area contributed by atoms with Gasteiger partial charge < -0.3 is 4.98 Å². The first-order chi connectivity index (χ1) is 11.0. The van der Waals surface area contributed by atoms with Crippen molar-refractivity contribution in [3.8, 4) is 0 Å². The molecular formula is C15H19N3O4S. The van der Waals surface area contributed by atoms with Crippen LogP contribution in [0.2, 0.25) is 0 Å². The monoisotopic (exact) mass is 337 g/mol. The molecule has 0 radical (unpaired) electrons. The summed E-state index contributed by atoms with van der Waals surface area (Å²) >= 11 is 0. The van der Waals surface area contributed by atoms with Crippen LogP contribution in [0.4, 0.5) is 0 Å². The number of benzene rings is 1. The van der Waals surface area contributed by atoms with Crippen LogP contribution in [0.1, 0.15) is 5.82 Å². The first-order valence-corrected chi connectivity index (χ1v) is 7.93. The third-order valence-electron chi connectivity index (χ3n) is 2.56. The van der Waals surface area contributed by atoms with Crippen LogP contribution in [0.3, 0.4) is 0 Å². The zero-order valence-corrected chi connectivity index (χ0v) is 13.9. The molecule has 0 spiro atoms. The number of aromatic nitrogens is 3. The highest BCUT2D eigenvalue weighted by Crippen LogP contribution is 2.07. The molecule has 0 saturated heterocycles. The number of pyridine rings is 1. The molecular weight excluding hydrogens is 318 g/mol. The van der Waals surface area contributed by atoms with Gasteiger partial charge in [-0.2, -0.15) is 8.42 Å². The van der Waals surface area contributed by atoms with Gasteiger partial charge in [-0.3, -0.25) is 13.4 Å². The molecule has 0 aliphatic rings. The summed E-state index contributed by atoms with van der Waals surface area (Å²) in [5, 5.41) is 1.20. The van der Waals surface area contributed by atoms with Gasteiger partial charge in [-0.1, -0.05) is 24.3 Å². The number of aryl methyl sites for hydroxylation is 1. The summed E-state index contributed by atoms with van der Waals surface area (Å²) < 4.78 is 27.5. The summed E-state index contributed by atoms with van der Waals surface area (Å²) in [6, 6.07) is 12.1. The topological polar surface area (TPSA) is 94.2 Å². The standard InChI is InChI=1S/C9H7N.C4H6N2.C2H6O4S/c1-2-6-9-8(4-1)5-3-7-10-9;1-4-5-2-3-6-4;1-5-7(3,4)6-2/h1-7H;2-3H,1H3,(H,5,6);1-2H3.